The van der Waals surface area contributed by atoms with E-state index in [0.29, 0.717) is 0 Å². The van der Waals surface area contributed by atoms with E-state index in [1.54, 1.807) is 0 Å². The van der Waals surface area contributed by atoms with Gasteiger partial charge in [-0.05, 0) is 0 Å². The van der Waals surface area contributed by atoms with Gasteiger partial charge in [0.05, 0.1) is 0 Å². The first-order valence-corrected chi connectivity index (χ1v) is 15.0. The molecule has 0 spiro atoms. The molecule has 0 aliphatic carbocycles. The van der Waals surface area contributed by atoms with Crippen molar-refractivity contribution >= 4 is 5.93 Å². The van der Waals surface area contributed by atoms with E-state index in [0.717, 1.165) is 0 Å². The van der Waals surface area contributed by atoms with E-state index in [-0.39, 0.29) is 92.2 Å². The van der Waals surface area contributed by atoms with E-state index in [1.165, 1.54) is 0 Å². The minimum atomic E-state index is 0. The molecule has 0 aliphatic rings. The maximum atomic E-state index is 2.33. The largest absolute Gasteiger partial charge is 0 e. The Morgan fingerprint density at radius 1 is 1.43 bits per heavy atom. The fraction of sp³-hybridized carbons (Fsp3) is 0. The summed E-state index contributed by atoms with van der Waals surface area (Å²) in [6.07, 6.45) is 0. The Labute approximate surface area is 112 Å². The molecule has 0 aromatic carbocycles. The summed E-state index contributed by atoms with van der Waals surface area (Å²) in [6, 6.07) is 0. The van der Waals surface area contributed by atoms with Gasteiger partial charge in [-0.1, -0.05) is 0 Å². The fourth-order valence-electron chi connectivity index (χ4n) is 0. The van der Waals surface area contributed by atoms with Crippen LogP contribution in [0.25, 0.3) is 0 Å². The van der Waals surface area contributed by atoms with Crippen LogP contribution in [0.5, 0.6) is 0 Å². The van der Waals surface area contributed by atoms with Crippen LogP contribution in [0, 0.1) is 0 Å². The van der Waals surface area contributed by atoms with Crippen molar-refractivity contribution in [2.24, 2.45) is 0 Å². The van der Waals surface area contributed by atoms with Gasteiger partial charge in [0.1, 0.15) is 0 Å². The Hall–Kier alpha value is 3.86. The van der Waals surface area contributed by atoms with Gasteiger partial charge < -0.3 is 0 Å². The molecule has 0 heterocycles. The predicted octanol–water partition coefficient (Wildman–Crippen LogP) is -0.931. The molecule has 0 aliphatic heterocycles. The van der Waals surface area contributed by atoms with Gasteiger partial charge >= 0.3 is 38.5 Å². The topological polar surface area (TPSA) is 0 Å². The first-order valence-electron chi connectivity index (χ1n) is 0.616. The maximum absolute atomic E-state index is 2.33. The molecule has 0 saturated carbocycles. The Balaban J connectivity index is -0.00000000333. The van der Waals surface area contributed by atoms with Crippen LogP contribution >= 0.6 is 0 Å². The molecule has 52 valence electrons. The minimum absolute atomic E-state index is 0. The standard InChI is InChI=1S/BH2.Co.Cr.Pd.Pt.Re.Ta/h1H2;;;;;;/q+1;;;;;;-1. The van der Waals surface area contributed by atoms with Gasteiger partial charge in [0.15, 0.2) is 0 Å². The second kappa shape index (κ2) is 32.8. The molecule has 0 unspecified atom stereocenters. The van der Waals surface area contributed by atoms with Gasteiger partial charge in [0.25, 0.3) is 0 Å². The normalized spacial score (nSPS) is 1.86. The van der Waals surface area contributed by atoms with Crippen molar-refractivity contribution in [2.45, 2.75) is 0 Å². The smallest absolute Gasteiger partial charge is 0 e. The molecule has 0 rings (SSSR count). The SMILES string of the molecule is [BH2][Ta][Re].[Co].[Cr].[Pd].[Pt]. The van der Waals surface area contributed by atoms with Crippen molar-refractivity contribution in [1.82, 2.24) is 0 Å². The molecule has 7 heteroatoms. The molecule has 7 heavy (non-hydrogen) atoms. The quantitative estimate of drug-likeness (QED) is 0.279. The maximum Gasteiger partial charge on any atom is 0 e. The van der Waals surface area contributed by atoms with Gasteiger partial charge in [-0.3, -0.25) is 0 Å². The number of rotatable bonds is 0. The van der Waals surface area contributed by atoms with E-state index in [2.05, 4.69) is 5.93 Å². The van der Waals surface area contributed by atoms with Crippen LogP contribution in [-0.4, -0.2) is 5.93 Å². The van der Waals surface area contributed by atoms with E-state index >= 15 is 0 Å². The third-order valence-electron chi connectivity index (χ3n) is 0. The van der Waals surface area contributed by atoms with Crippen molar-refractivity contribution in [1.29, 1.82) is 0 Å². The van der Waals surface area contributed by atoms with Crippen LogP contribution < -0.4 is 0 Å². The molecule has 0 aromatic heterocycles. The van der Waals surface area contributed by atoms with Gasteiger partial charge in [-0.25, -0.2) is 0 Å². The summed E-state index contributed by atoms with van der Waals surface area (Å²) in [5.74, 6) is 2.33. The van der Waals surface area contributed by atoms with Crippen molar-refractivity contribution in [3.8, 4) is 0 Å². The van der Waals surface area contributed by atoms with Crippen molar-refractivity contribution in [3.05, 3.63) is 0 Å². The number of hydrogen-bond donors (Lipinski definition) is 0. The van der Waals surface area contributed by atoms with Crippen LogP contribution in [0.1, 0.15) is 0 Å². The van der Waals surface area contributed by atoms with E-state index in [1.807, 2.05) is 16.0 Å². The van der Waals surface area contributed by atoms with E-state index < -0.39 is 0 Å². The molecule has 0 fully saturated rings. The second-order valence-corrected chi connectivity index (χ2v) is 11.3. The molecular formula is H2BCoCrPdPtReTa. The van der Waals surface area contributed by atoms with Crippen LogP contribution in [0.3, 0.4) is 0 Å². The zero-order chi connectivity index (χ0) is 2.71. The van der Waals surface area contributed by atoms with Gasteiger partial charge in [-0.15, -0.1) is 0 Å². The molecule has 1 radical (unpaired) electrons. The molecule has 0 nitrogen and oxygen atoms in total. The molecule has 0 N–H and O–H groups in total. The van der Waals surface area contributed by atoms with E-state index in [4.69, 9.17) is 0 Å². The third-order valence-corrected chi connectivity index (χ3v) is 0. The van der Waals surface area contributed by atoms with Crippen LogP contribution in [0.15, 0.2) is 0 Å². The monoisotopic (exact) mass is 793 g/mol. The summed E-state index contributed by atoms with van der Waals surface area (Å²) in [5, 5.41) is 0. The molecule has 0 aromatic rings. The summed E-state index contributed by atoms with van der Waals surface area (Å²) in [6.45, 7) is 0. The van der Waals surface area contributed by atoms with Crippen LogP contribution in [0.2, 0.25) is 0 Å². The van der Waals surface area contributed by atoms with Gasteiger partial charge in [-0.2, -0.15) is 0 Å². The zero-order valence-electron chi connectivity index (χ0n) is 3.20. The average Bonchev–Trinajstić information content (AvgIpc) is 0.918. The Morgan fingerprint density at radius 2 is 1.43 bits per heavy atom. The Bertz CT molecular complexity index is 19.7. The zero-order valence-corrected chi connectivity index (χ0v) is 15.3. The van der Waals surface area contributed by atoms with E-state index in [9.17, 15) is 0 Å². The van der Waals surface area contributed by atoms with Crippen molar-refractivity contribution < 1.29 is 108 Å². The summed E-state index contributed by atoms with van der Waals surface area (Å²) < 4.78 is 0. The molecule has 0 bridgehead atoms. The second-order valence-electron chi connectivity index (χ2n) is 0.169. The molecular weight excluding hydrogens is 790 g/mol. The minimum Gasteiger partial charge on any atom is 0 e. The predicted molar refractivity (Wildman–Crippen MR) is 8.54 cm³/mol. The summed E-state index contributed by atoms with van der Waals surface area (Å²) in [4.78, 5) is 0. The molecule has 0 amide bonds. The van der Waals surface area contributed by atoms with Gasteiger partial charge in [0.2, 0.25) is 0 Å². The van der Waals surface area contributed by atoms with Crippen LogP contribution in [-0.2, 0) is 108 Å². The Kier molecular flexibility index (Phi) is 144. The summed E-state index contributed by atoms with van der Waals surface area (Å²) in [5.41, 5.74) is 0. The summed E-state index contributed by atoms with van der Waals surface area (Å²) >= 11 is 2.23. The first kappa shape index (κ1) is 30.8. The van der Waals surface area contributed by atoms with Crippen LogP contribution in [0.4, 0.5) is 0 Å². The summed E-state index contributed by atoms with van der Waals surface area (Å²) in [7, 11) is 0. The Morgan fingerprint density at radius 3 is 1.43 bits per heavy atom. The first-order chi connectivity index (χ1) is 1.41. The third kappa shape index (κ3) is 40.9. The van der Waals surface area contributed by atoms with Crippen molar-refractivity contribution in [3.63, 3.8) is 0 Å². The van der Waals surface area contributed by atoms with Gasteiger partial charge in [0, 0.05) is 75.6 Å². The molecule has 0 atom stereocenters. The fourth-order valence-corrected chi connectivity index (χ4v) is 0. The number of hydrogen-bond acceptors (Lipinski definition) is 0. The van der Waals surface area contributed by atoms with Crippen molar-refractivity contribution in [2.75, 3.05) is 0 Å². The average molecular weight is 792 g/mol. The molecule has 0 saturated heterocycles.